The SMILES string of the molecule is CCO/C=C1\SC(=O)NC1=S. The van der Waals surface area contributed by atoms with E-state index < -0.39 is 0 Å². The fraction of sp³-hybridized carbons (Fsp3) is 0.333. The van der Waals surface area contributed by atoms with Gasteiger partial charge in [0.25, 0.3) is 5.24 Å². The van der Waals surface area contributed by atoms with Crippen LogP contribution in [0.25, 0.3) is 0 Å². The van der Waals surface area contributed by atoms with Crippen LogP contribution in [0.15, 0.2) is 11.2 Å². The summed E-state index contributed by atoms with van der Waals surface area (Å²) in [6, 6.07) is 0. The van der Waals surface area contributed by atoms with Gasteiger partial charge in [0.15, 0.2) is 0 Å². The summed E-state index contributed by atoms with van der Waals surface area (Å²) in [5.74, 6) is 0. The molecule has 0 aromatic rings. The van der Waals surface area contributed by atoms with Crippen molar-refractivity contribution in [2.75, 3.05) is 6.61 Å². The fourth-order valence-corrected chi connectivity index (χ4v) is 1.51. The maximum atomic E-state index is 10.7. The van der Waals surface area contributed by atoms with E-state index in [9.17, 15) is 4.79 Å². The quantitative estimate of drug-likeness (QED) is 0.407. The van der Waals surface area contributed by atoms with Crippen LogP contribution >= 0.6 is 24.0 Å². The topological polar surface area (TPSA) is 38.3 Å². The van der Waals surface area contributed by atoms with Crippen LogP contribution in [0.2, 0.25) is 0 Å². The van der Waals surface area contributed by atoms with E-state index in [2.05, 4.69) is 5.32 Å². The molecular weight excluding hydrogens is 182 g/mol. The summed E-state index contributed by atoms with van der Waals surface area (Å²) in [5, 5.41) is 2.34. The van der Waals surface area contributed by atoms with E-state index in [0.29, 0.717) is 16.5 Å². The third kappa shape index (κ3) is 2.20. The monoisotopic (exact) mass is 189 g/mol. The van der Waals surface area contributed by atoms with Gasteiger partial charge in [-0.05, 0) is 18.7 Å². The highest BCUT2D eigenvalue weighted by Gasteiger charge is 2.21. The number of hydrogen-bond donors (Lipinski definition) is 1. The Morgan fingerprint density at radius 2 is 2.55 bits per heavy atom. The van der Waals surface area contributed by atoms with Gasteiger partial charge in [0.1, 0.15) is 4.99 Å². The van der Waals surface area contributed by atoms with Crippen molar-refractivity contribution in [3.05, 3.63) is 11.2 Å². The van der Waals surface area contributed by atoms with Gasteiger partial charge in [-0.15, -0.1) is 0 Å². The molecule has 0 bridgehead atoms. The second kappa shape index (κ2) is 3.73. The van der Waals surface area contributed by atoms with Crippen LogP contribution in [-0.4, -0.2) is 16.8 Å². The molecular formula is C6H7NO2S2. The first-order valence-corrected chi connectivity index (χ1v) is 4.31. The zero-order valence-corrected chi connectivity index (χ0v) is 7.55. The second-order valence-corrected chi connectivity index (χ2v) is 3.20. The Kier molecular flexibility index (Phi) is 2.90. The Morgan fingerprint density at radius 1 is 1.82 bits per heavy atom. The van der Waals surface area contributed by atoms with Crippen molar-refractivity contribution >= 4 is 34.2 Å². The predicted octanol–water partition coefficient (Wildman–Crippen LogP) is 1.65. The van der Waals surface area contributed by atoms with Crippen molar-refractivity contribution in [3.63, 3.8) is 0 Å². The average Bonchev–Trinajstić information content (AvgIpc) is 2.26. The molecule has 0 aromatic heterocycles. The molecule has 11 heavy (non-hydrogen) atoms. The molecule has 0 radical (unpaired) electrons. The Hall–Kier alpha value is -0.550. The van der Waals surface area contributed by atoms with E-state index in [1.54, 1.807) is 0 Å². The highest BCUT2D eigenvalue weighted by atomic mass is 32.2. The minimum absolute atomic E-state index is 0.138. The molecule has 1 rings (SSSR count). The lowest BCUT2D eigenvalue weighted by atomic mass is 10.6. The number of nitrogens with one attached hydrogen (secondary N) is 1. The first kappa shape index (κ1) is 8.55. The zero-order chi connectivity index (χ0) is 8.27. The molecule has 0 saturated carbocycles. The van der Waals surface area contributed by atoms with Crippen molar-refractivity contribution < 1.29 is 9.53 Å². The largest absolute Gasteiger partial charge is 0.500 e. The van der Waals surface area contributed by atoms with Gasteiger partial charge in [0.2, 0.25) is 0 Å². The summed E-state index contributed by atoms with van der Waals surface area (Å²) in [5.41, 5.74) is 0. The van der Waals surface area contributed by atoms with E-state index in [-0.39, 0.29) is 5.24 Å². The number of amides is 1. The molecule has 1 N–H and O–H groups in total. The molecule has 1 amide bonds. The van der Waals surface area contributed by atoms with Crippen LogP contribution in [0.1, 0.15) is 6.92 Å². The smallest absolute Gasteiger partial charge is 0.289 e. The van der Waals surface area contributed by atoms with Crippen LogP contribution in [0.3, 0.4) is 0 Å². The average molecular weight is 189 g/mol. The number of thiocarbonyl (C=S) groups is 1. The van der Waals surface area contributed by atoms with Gasteiger partial charge in [-0.25, -0.2) is 0 Å². The van der Waals surface area contributed by atoms with E-state index in [1.807, 2.05) is 6.92 Å². The molecule has 60 valence electrons. The Bertz CT molecular complexity index is 225. The molecule has 1 saturated heterocycles. The highest BCUT2D eigenvalue weighted by molar-refractivity contribution is 8.19. The number of thioether (sulfide) groups is 1. The lowest BCUT2D eigenvalue weighted by molar-refractivity contribution is 0.265. The molecule has 0 spiro atoms. The third-order valence-electron chi connectivity index (χ3n) is 0.999. The molecule has 1 heterocycles. The summed E-state index contributed by atoms with van der Waals surface area (Å²) >= 11 is 5.89. The zero-order valence-electron chi connectivity index (χ0n) is 5.92. The van der Waals surface area contributed by atoms with Crippen LogP contribution in [0, 0.1) is 0 Å². The van der Waals surface area contributed by atoms with Crippen molar-refractivity contribution in [1.29, 1.82) is 0 Å². The second-order valence-electron chi connectivity index (χ2n) is 1.78. The molecule has 5 heteroatoms. The van der Waals surface area contributed by atoms with Gasteiger partial charge in [-0.1, -0.05) is 12.2 Å². The first-order chi connectivity index (χ1) is 5.24. The predicted molar refractivity (Wildman–Crippen MR) is 48.4 cm³/mol. The molecule has 0 aliphatic carbocycles. The van der Waals surface area contributed by atoms with Crippen molar-refractivity contribution in [2.24, 2.45) is 0 Å². The Morgan fingerprint density at radius 3 is 3.00 bits per heavy atom. The van der Waals surface area contributed by atoms with Gasteiger partial charge < -0.3 is 10.1 Å². The molecule has 1 aliphatic heterocycles. The van der Waals surface area contributed by atoms with Crippen LogP contribution in [0.5, 0.6) is 0 Å². The number of hydrogen-bond acceptors (Lipinski definition) is 4. The summed E-state index contributed by atoms with van der Waals surface area (Å²) in [7, 11) is 0. The van der Waals surface area contributed by atoms with Crippen LogP contribution in [-0.2, 0) is 4.74 Å². The maximum Gasteiger partial charge on any atom is 0.289 e. The molecule has 3 nitrogen and oxygen atoms in total. The number of ether oxygens (including phenoxy) is 1. The Balaban J connectivity index is 2.59. The van der Waals surface area contributed by atoms with Crippen molar-refractivity contribution in [1.82, 2.24) is 5.32 Å². The third-order valence-corrected chi connectivity index (χ3v) is 2.26. The minimum Gasteiger partial charge on any atom is -0.500 e. The number of carbonyl (C=O) groups excluding carboxylic acids is 1. The molecule has 1 aliphatic rings. The van der Waals surface area contributed by atoms with E-state index in [1.165, 1.54) is 6.26 Å². The standard InChI is InChI=1S/C6H7NO2S2/c1-2-9-3-4-5(10)7-6(8)11-4/h3H,2H2,1H3,(H,7,8,10)/b4-3-. The normalized spacial score (nSPS) is 20.6. The van der Waals surface area contributed by atoms with Gasteiger partial charge in [-0.2, -0.15) is 0 Å². The highest BCUT2D eigenvalue weighted by Crippen LogP contribution is 2.23. The van der Waals surface area contributed by atoms with Gasteiger partial charge >= 0.3 is 0 Å². The summed E-state index contributed by atoms with van der Waals surface area (Å²) in [6.07, 6.45) is 1.50. The fourth-order valence-electron chi connectivity index (χ4n) is 0.563. The van der Waals surface area contributed by atoms with Gasteiger partial charge in [0, 0.05) is 0 Å². The Labute approximate surface area is 74.2 Å². The molecule has 0 unspecified atom stereocenters. The lowest BCUT2D eigenvalue weighted by Crippen LogP contribution is -2.16. The van der Waals surface area contributed by atoms with Crippen molar-refractivity contribution in [3.8, 4) is 0 Å². The van der Waals surface area contributed by atoms with Crippen LogP contribution < -0.4 is 5.32 Å². The van der Waals surface area contributed by atoms with Gasteiger partial charge in [0.05, 0.1) is 17.8 Å². The van der Waals surface area contributed by atoms with Crippen LogP contribution in [0.4, 0.5) is 4.79 Å². The first-order valence-electron chi connectivity index (χ1n) is 3.09. The number of carbonyl (C=O) groups is 1. The molecule has 0 atom stereocenters. The summed E-state index contributed by atoms with van der Waals surface area (Å²) < 4.78 is 4.97. The minimum atomic E-state index is -0.138. The molecule has 0 aromatic carbocycles. The van der Waals surface area contributed by atoms with E-state index in [0.717, 1.165) is 11.8 Å². The summed E-state index contributed by atoms with van der Waals surface area (Å²) in [6.45, 7) is 2.45. The van der Waals surface area contributed by atoms with Gasteiger partial charge in [-0.3, -0.25) is 4.79 Å². The van der Waals surface area contributed by atoms with E-state index in [4.69, 9.17) is 17.0 Å². The molecule has 1 fully saturated rings. The lowest BCUT2D eigenvalue weighted by Gasteiger charge is -1.94. The van der Waals surface area contributed by atoms with Crippen molar-refractivity contribution in [2.45, 2.75) is 6.92 Å². The van der Waals surface area contributed by atoms with E-state index >= 15 is 0 Å². The maximum absolute atomic E-state index is 10.7. The summed E-state index contributed by atoms with van der Waals surface area (Å²) in [4.78, 5) is 11.8. The number of rotatable bonds is 2.